The van der Waals surface area contributed by atoms with E-state index in [-0.39, 0.29) is 11.6 Å². The molecule has 1 amide bonds. The van der Waals surface area contributed by atoms with Crippen LogP contribution in [0.2, 0.25) is 0 Å². The van der Waals surface area contributed by atoms with Gasteiger partial charge in [-0.15, -0.1) is 0 Å². The average molecular weight is 206 g/mol. The summed E-state index contributed by atoms with van der Waals surface area (Å²) >= 11 is 0. The van der Waals surface area contributed by atoms with E-state index < -0.39 is 0 Å². The lowest BCUT2D eigenvalue weighted by Crippen LogP contribution is -2.32. The van der Waals surface area contributed by atoms with E-state index >= 15 is 0 Å². The third-order valence-corrected chi connectivity index (χ3v) is 2.93. The van der Waals surface area contributed by atoms with Crippen LogP contribution in [0.1, 0.15) is 19.3 Å². The molecule has 0 radical (unpaired) electrons. The Kier molecular flexibility index (Phi) is 2.58. The summed E-state index contributed by atoms with van der Waals surface area (Å²) in [5, 5.41) is 12.1. The second kappa shape index (κ2) is 3.88. The fraction of sp³-hybridized carbons (Fsp3) is 0.455. The summed E-state index contributed by atoms with van der Waals surface area (Å²) in [6.07, 6.45) is 6.76. The number of hydrogen-bond donors (Lipinski definition) is 1. The molecule has 0 bridgehead atoms. The number of hydrogen-bond acceptors (Lipinski definition) is 3. The maximum atomic E-state index is 11.8. The highest BCUT2D eigenvalue weighted by molar-refractivity contribution is 6.46. The molecule has 0 fully saturated rings. The zero-order valence-corrected chi connectivity index (χ0v) is 8.73. The first-order chi connectivity index (χ1) is 7.24. The standard InChI is InChI=1S/C11H14N2O2/c1-13-7-6-8-4-2-3-5-9(8)10(12-15)11(13)14/h3,5,15H,2,4,6-7H2,1H3. The second-order valence-corrected chi connectivity index (χ2v) is 3.88. The fourth-order valence-corrected chi connectivity index (χ4v) is 2.01. The van der Waals surface area contributed by atoms with Crippen molar-refractivity contribution in [3.63, 3.8) is 0 Å². The molecule has 1 heterocycles. The number of carbonyl (C=O) groups excluding carboxylic acids is 1. The summed E-state index contributed by atoms with van der Waals surface area (Å²) in [4.78, 5) is 13.4. The van der Waals surface area contributed by atoms with Crippen LogP contribution in [0.5, 0.6) is 0 Å². The molecule has 0 aromatic carbocycles. The normalized spacial score (nSPS) is 24.5. The Labute approximate surface area is 88.6 Å². The van der Waals surface area contributed by atoms with Gasteiger partial charge in [0.1, 0.15) is 0 Å². The van der Waals surface area contributed by atoms with Crippen LogP contribution in [0.15, 0.2) is 28.5 Å². The van der Waals surface area contributed by atoms with Gasteiger partial charge in [-0.2, -0.15) is 0 Å². The fourth-order valence-electron chi connectivity index (χ4n) is 2.01. The Morgan fingerprint density at radius 1 is 1.47 bits per heavy atom. The van der Waals surface area contributed by atoms with Crippen molar-refractivity contribution >= 4 is 11.6 Å². The van der Waals surface area contributed by atoms with Crippen molar-refractivity contribution in [2.75, 3.05) is 13.6 Å². The van der Waals surface area contributed by atoms with Crippen molar-refractivity contribution in [3.8, 4) is 0 Å². The summed E-state index contributed by atoms with van der Waals surface area (Å²) in [5.74, 6) is -0.200. The summed E-state index contributed by atoms with van der Waals surface area (Å²) in [6.45, 7) is 0.699. The molecule has 0 unspecified atom stereocenters. The van der Waals surface area contributed by atoms with Gasteiger partial charge >= 0.3 is 0 Å². The molecule has 2 rings (SSSR count). The van der Waals surface area contributed by atoms with E-state index in [1.807, 2.05) is 12.2 Å². The average Bonchev–Trinajstić information content (AvgIpc) is 2.38. The quantitative estimate of drug-likeness (QED) is 0.480. The highest BCUT2D eigenvalue weighted by Gasteiger charge is 2.26. The van der Waals surface area contributed by atoms with E-state index in [1.165, 1.54) is 5.57 Å². The van der Waals surface area contributed by atoms with Crippen molar-refractivity contribution in [1.29, 1.82) is 0 Å². The van der Waals surface area contributed by atoms with Crippen LogP contribution in [0, 0.1) is 0 Å². The topological polar surface area (TPSA) is 52.9 Å². The number of amides is 1. The third-order valence-electron chi connectivity index (χ3n) is 2.93. The highest BCUT2D eigenvalue weighted by Crippen LogP contribution is 2.26. The van der Waals surface area contributed by atoms with Crippen LogP contribution in [0.4, 0.5) is 0 Å². The number of oxime groups is 1. The lowest BCUT2D eigenvalue weighted by Gasteiger charge is -2.13. The monoisotopic (exact) mass is 206 g/mol. The van der Waals surface area contributed by atoms with E-state index in [4.69, 9.17) is 5.21 Å². The molecule has 2 aliphatic rings. The number of rotatable bonds is 0. The SMILES string of the molecule is CN1CCC2=C(C=CCC2)C(=NO)C1=O. The molecule has 4 heteroatoms. The van der Waals surface area contributed by atoms with Gasteiger partial charge in [0, 0.05) is 19.2 Å². The van der Waals surface area contributed by atoms with Gasteiger partial charge in [0.2, 0.25) is 0 Å². The van der Waals surface area contributed by atoms with Gasteiger partial charge in [0.05, 0.1) is 0 Å². The summed E-state index contributed by atoms with van der Waals surface area (Å²) in [5.41, 5.74) is 2.22. The van der Waals surface area contributed by atoms with Crippen molar-refractivity contribution in [2.45, 2.75) is 19.3 Å². The molecule has 0 aromatic rings. The summed E-state index contributed by atoms with van der Waals surface area (Å²) in [7, 11) is 1.73. The Morgan fingerprint density at radius 3 is 3.00 bits per heavy atom. The molecule has 1 N–H and O–H groups in total. The Morgan fingerprint density at radius 2 is 2.27 bits per heavy atom. The molecule has 0 spiro atoms. The van der Waals surface area contributed by atoms with Gasteiger partial charge in [-0.05, 0) is 19.3 Å². The van der Waals surface area contributed by atoms with Gasteiger partial charge in [-0.1, -0.05) is 22.9 Å². The van der Waals surface area contributed by atoms with Crippen LogP contribution in [-0.2, 0) is 4.79 Å². The summed E-state index contributed by atoms with van der Waals surface area (Å²) < 4.78 is 0. The number of carbonyl (C=O) groups is 1. The smallest absolute Gasteiger partial charge is 0.276 e. The molecule has 1 aliphatic heterocycles. The van der Waals surface area contributed by atoms with Crippen LogP contribution in [0.25, 0.3) is 0 Å². The van der Waals surface area contributed by atoms with Crippen molar-refractivity contribution in [3.05, 3.63) is 23.3 Å². The van der Waals surface area contributed by atoms with Gasteiger partial charge in [0.25, 0.3) is 5.91 Å². The Bertz CT molecular complexity index is 380. The molecule has 0 saturated heterocycles. The van der Waals surface area contributed by atoms with Crippen LogP contribution >= 0.6 is 0 Å². The number of allylic oxidation sites excluding steroid dienone is 2. The second-order valence-electron chi connectivity index (χ2n) is 3.88. The molecule has 1 aliphatic carbocycles. The van der Waals surface area contributed by atoms with Gasteiger partial charge in [-0.25, -0.2) is 0 Å². The van der Waals surface area contributed by atoms with Crippen LogP contribution in [0.3, 0.4) is 0 Å². The van der Waals surface area contributed by atoms with Gasteiger partial charge in [-0.3, -0.25) is 4.79 Å². The predicted octanol–water partition coefficient (Wildman–Crippen LogP) is 1.33. The largest absolute Gasteiger partial charge is 0.410 e. The highest BCUT2D eigenvalue weighted by atomic mass is 16.4. The van der Waals surface area contributed by atoms with Gasteiger partial charge in [0.15, 0.2) is 5.71 Å². The van der Waals surface area contributed by atoms with E-state index in [0.717, 1.165) is 24.8 Å². The first kappa shape index (κ1) is 9.96. The minimum atomic E-state index is -0.200. The van der Waals surface area contributed by atoms with Gasteiger partial charge < -0.3 is 10.1 Å². The summed E-state index contributed by atoms with van der Waals surface area (Å²) in [6, 6.07) is 0. The van der Waals surface area contributed by atoms with E-state index in [2.05, 4.69) is 5.16 Å². The first-order valence-electron chi connectivity index (χ1n) is 5.10. The molecular weight excluding hydrogens is 192 g/mol. The molecule has 4 nitrogen and oxygen atoms in total. The predicted molar refractivity (Wildman–Crippen MR) is 56.9 cm³/mol. The zero-order valence-electron chi connectivity index (χ0n) is 8.73. The maximum absolute atomic E-state index is 11.8. The lowest BCUT2D eigenvalue weighted by atomic mass is 9.93. The molecule has 80 valence electrons. The third kappa shape index (κ3) is 1.67. The minimum absolute atomic E-state index is 0.181. The molecule has 0 saturated carbocycles. The molecule has 0 aromatic heterocycles. The Balaban J connectivity index is 2.45. The van der Waals surface area contributed by atoms with Crippen LogP contribution in [-0.4, -0.2) is 35.3 Å². The molecule has 15 heavy (non-hydrogen) atoms. The van der Waals surface area contributed by atoms with Crippen LogP contribution < -0.4 is 0 Å². The minimum Gasteiger partial charge on any atom is -0.410 e. The van der Waals surface area contributed by atoms with E-state index in [9.17, 15) is 4.79 Å². The van der Waals surface area contributed by atoms with E-state index in [1.54, 1.807) is 11.9 Å². The van der Waals surface area contributed by atoms with Crippen molar-refractivity contribution < 1.29 is 10.0 Å². The lowest BCUT2D eigenvalue weighted by molar-refractivity contribution is -0.122. The molecular formula is C11H14N2O2. The van der Waals surface area contributed by atoms with E-state index in [0.29, 0.717) is 6.54 Å². The maximum Gasteiger partial charge on any atom is 0.276 e. The zero-order chi connectivity index (χ0) is 10.8. The van der Waals surface area contributed by atoms with Crippen molar-refractivity contribution in [2.24, 2.45) is 5.16 Å². The van der Waals surface area contributed by atoms with Crippen molar-refractivity contribution in [1.82, 2.24) is 4.90 Å². The Hall–Kier alpha value is -1.58. The number of nitrogens with zero attached hydrogens (tertiary/aromatic N) is 2. The molecule has 0 atom stereocenters. The first-order valence-corrected chi connectivity index (χ1v) is 5.10.